The number of para-hydroxylation sites is 1. The molecule has 0 aliphatic heterocycles. The number of phenolic OH excluding ortho intramolecular Hbond substituents is 1. The molecule has 0 aromatic heterocycles. The Kier molecular flexibility index (Phi) is 8.10. The Morgan fingerprint density at radius 1 is 1.00 bits per heavy atom. The monoisotopic (exact) mass is 428 g/mol. The number of aliphatic carboxylic acids is 1. The van der Waals surface area contributed by atoms with Crippen LogP contribution in [0, 0.1) is 0 Å². The number of rotatable bonds is 11. The average molecular weight is 428 g/mol. The first-order valence-electron chi connectivity index (χ1n) is 10.00. The van der Waals surface area contributed by atoms with E-state index in [0.29, 0.717) is 11.1 Å². The number of carboxylic acid groups (broad SMARTS) is 1. The first kappa shape index (κ1) is 24.3. The molecule has 2 rings (SSSR count). The van der Waals surface area contributed by atoms with Crippen molar-refractivity contribution in [3.05, 3.63) is 71.3 Å². The second-order valence-electron chi connectivity index (χ2n) is 7.19. The van der Waals surface area contributed by atoms with Gasteiger partial charge in [-0.25, -0.2) is 0 Å². The van der Waals surface area contributed by atoms with Crippen LogP contribution in [0.15, 0.2) is 54.6 Å². The number of carboxylic acids is 1. The Bertz CT molecular complexity index is 927. The summed E-state index contributed by atoms with van der Waals surface area (Å²) in [5.41, 5.74) is -0.00779. The Balaban J connectivity index is 2.33. The van der Waals surface area contributed by atoms with Gasteiger partial charge in [0.15, 0.2) is 5.78 Å². The molecule has 0 saturated heterocycles. The van der Waals surface area contributed by atoms with Gasteiger partial charge in [0.2, 0.25) is 0 Å². The van der Waals surface area contributed by atoms with E-state index in [0.717, 1.165) is 0 Å². The fourth-order valence-electron chi connectivity index (χ4n) is 3.36. The molecular formula is C24H28O7. The molecule has 7 nitrogen and oxygen atoms in total. The zero-order valence-electron chi connectivity index (χ0n) is 17.9. The van der Waals surface area contributed by atoms with Crippen molar-refractivity contribution >= 4 is 17.8 Å². The van der Waals surface area contributed by atoms with Gasteiger partial charge in [0.05, 0.1) is 17.4 Å². The topological polar surface area (TPSA) is 113 Å². The third-order valence-electron chi connectivity index (χ3n) is 5.03. The van der Waals surface area contributed by atoms with Gasteiger partial charge < -0.3 is 24.8 Å². The van der Waals surface area contributed by atoms with Gasteiger partial charge in [0.25, 0.3) is 5.97 Å². The Morgan fingerprint density at radius 3 is 2.10 bits per heavy atom. The van der Waals surface area contributed by atoms with E-state index in [1.54, 1.807) is 63.2 Å². The number of ether oxygens (including phenoxy) is 2. The van der Waals surface area contributed by atoms with Crippen LogP contribution in [0.1, 0.15) is 48.7 Å². The van der Waals surface area contributed by atoms with Crippen LogP contribution < -0.4 is 0 Å². The van der Waals surface area contributed by atoms with Crippen molar-refractivity contribution in [1.29, 1.82) is 0 Å². The van der Waals surface area contributed by atoms with Gasteiger partial charge >= 0.3 is 5.97 Å². The molecule has 31 heavy (non-hydrogen) atoms. The Hall–Kier alpha value is -3.00. The standard InChI is InChI=1S/C24H28O7/c1-4-30-24(29,31-5-2)23(3,16-22(27)28)18-13-10-17(11-14-18)12-15-21(26)19-8-6-7-9-20(19)25/h6-15,25,29H,4-5,16H2,1-3H3,(H,27,28). The number of phenols is 1. The maximum atomic E-state index is 12.3. The molecule has 1 atom stereocenters. The molecule has 0 aliphatic carbocycles. The van der Waals surface area contributed by atoms with Crippen LogP contribution in [0.5, 0.6) is 5.75 Å². The molecule has 7 heteroatoms. The summed E-state index contributed by atoms with van der Waals surface area (Å²) in [6, 6.07) is 13.0. The van der Waals surface area contributed by atoms with Crippen LogP contribution in [-0.4, -0.2) is 46.3 Å². The minimum absolute atomic E-state index is 0.0944. The zero-order chi connectivity index (χ0) is 23.1. The fraction of sp³-hybridized carbons (Fsp3) is 0.333. The highest BCUT2D eigenvalue weighted by atomic mass is 16.8. The predicted octanol–water partition coefficient (Wildman–Crippen LogP) is 3.74. The number of aromatic hydroxyl groups is 1. The van der Waals surface area contributed by atoms with Gasteiger partial charge in [-0.2, -0.15) is 0 Å². The SMILES string of the molecule is CCOC(O)(OCC)C(C)(CC(=O)O)c1ccc(C=CC(=O)c2ccccc2O)cc1. The number of benzene rings is 2. The molecule has 0 fully saturated rings. The third kappa shape index (κ3) is 5.58. The number of carbonyl (C=O) groups excluding carboxylic acids is 1. The maximum absolute atomic E-state index is 12.3. The average Bonchev–Trinajstić information content (AvgIpc) is 2.72. The Labute approximate surface area is 181 Å². The number of hydrogen-bond donors (Lipinski definition) is 3. The lowest BCUT2D eigenvalue weighted by atomic mass is 9.76. The second-order valence-corrected chi connectivity index (χ2v) is 7.19. The van der Waals surface area contributed by atoms with Crippen molar-refractivity contribution < 1.29 is 34.4 Å². The van der Waals surface area contributed by atoms with E-state index in [2.05, 4.69) is 0 Å². The lowest BCUT2D eigenvalue weighted by molar-refractivity contribution is -0.390. The third-order valence-corrected chi connectivity index (χ3v) is 5.03. The van der Waals surface area contributed by atoms with Gasteiger partial charge in [0.1, 0.15) is 5.75 Å². The summed E-state index contributed by atoms with van der Waals surface area (Å²) < 4.78 is 10.9. The summed E-state index contributed by atoms with van der Waals surface area (Å²) in [4.78, 5) is 23.8. The highest BCUT2D eigenvalue weighted by molar-refractivity contribution is 6.08. The van der Waals surface area contributed by atoms with Gasteiger partial charge in [-0.1, -0.05) is 42.5 Å². The molecule has 0 bridgehead atoms. The van der Waals surface area contributed by atoms with E-state index >= 15 is 0 Å². The van der Waals surface area contributed by atoms with Crippen molar-refractivity contribution in [2.45, 2.75) is 38.6 Å². The molecule has 1 unspecified atom stereocenters. The summed E-state index contributed by atoms with van der Waals surface area (Å²) in [6.45, 7) is 5.18. The van der Waals surface area contributed by atoms with Gasteiger partial charge in [0, 0.05) is 13.2 Å². The molecular weight excluding hydrogens is 400 g/mol. The number of hydrogen-bond acceptors (Lipinski definition) is 6. The molecule has 2 aromatic rings. The fourth-order valence-corrected chi connectivity index (χ4v) is 3.36. The van der Waals surface area contributed by atoms with Crippen molar-refractivity contribution in [2.75, 3.05) is 13.2 Å². The van der Waals surface area contributed by atoms with Crippen molar-refractivity contribution in [3.8, 4) is 5.75 Å². The van der Waals surface area contributed by atoms with E-state index in [1.807, 2.05) is 0 Å². The van der Waals surface area contributed by atoms with Crippen LogP contribution >= 0.6 is 0 Å². The summed E-state index contributed by atoms with van der Waals surface area (Å²) in [7, 11) is 0. The summed E-state index contributed by atoms with van der Waals surface area (Å²) in [5, 5.41) is 30.3. The van der Waals surface area contributed by atoms with E-state index in [1.165, 1.54) is 18.2 Å². The molecule has 0 heterocycles. The molecule has 3 N–H and O–H groups in total. The lowest BCUT2D eigenvalue weighted by Gasteiger charge is -2.42. The van der Waals surface area contributed by atoms with Crippen LogP contribution in [0.4, 0.5) is 0 Å². The van der Waals surface area contributed by atoms with Crippen LogP contribution in [0.3, 0.4) is 0 Å². The molecule has 0 saturated carbocycles. The van der Waals surface area contributed by atoms with E-state index < -0.39 is 23.8 Å². The number of allylic oxidation sites excluding steroid dienone is 1. The normalized spacial score (nSPS) is 13.8. The van der Waals surface area contributed by atoms with Crippen LogP contribution in [0.25, 0.3) is 6.08 Å². The van der Waals surface area contributed by atoms with E-state index in [4.69, 9.17) is 9.47 Å². The first-order valence-corrected chi connectivity index (χ1v) is 10.00. The first-order chi connectivity index (χ1) is 14.7. The Morgan fingerprint density at radius 2 is 1.58 bits per heavy atom. The zero-order valence-corrected chi connectivity index (χ0v) is 17.9. The van der Waals surface area contributed by atoms with Gasteiger partial charge in [-0.05, 0) is 50.1 Å². The molecule has 0 radical (unpaired) electrons. The molecule has 166 valence electrons. The number of carbonyl (C=O) groups is 2. The highest BCUT2D eigenvalue weighted by Crippen LogP contribution is 2.40. The van der Waals surface area contributed by atoms with E-state index in [-0.39, 0.29) is 30.3 Å². The summed E-state index contributed by atoms with van der Waals surface area (Å²) in [5.74, 6) is -3.69. The molecule has 2 aromatic carbocycles. The maximum Gasteiger partial charge on any atom is 0.304 e. The molecule has 0 spiro atoms. The van der Waals surface area contributed by atoms with Crippen molar-refractivity contribution in [3.63, 3.8) is 0 Å². The minimum Gasteiger partial charge on any atom is -0.507 e. The number of ketones is 1. The van der Waals surface area contributed by atoms with Crippen molar-refractivity contribution in [2.24, 2.45) is 0 Å². The van der Waals surface area contributed by atoms with Crippen LogP contribution in [0.2, 0.25) is 0 Å². The van der Waals surface area contributed by atoms with Gasteiger partial charge in [-0.15, -0.1) is 0 Å². The largest absolute Gasteiger partial charge is 0.507 e. The van der Waals surface area contributed by atoms with Crippen LogP contribution in [-0.2, 0) is 19.7 Å². The smallest absolute Gasteiger partial charge is 0.304 e. The van der Waals surface area contributed by atoms with E-state index in [9.17, 15) is 24.9 Å². The molecule has 0 aliphatic rings. The molecule has 0 amide bonds. The summed E-state index contributed by atoms with van der Waals surface area (Å²) >= 11 is 0. The predicted molar refractivity (Wildman–Crippen MR) is 116 cm³/mol. The summed E-state index contributed by atoms with van der Waals surface area (Å²) in [6.07, 6.45) is 2.51. The highest BCUT2D eigenvalue weighted by Gasteiger charge is 2.52. The van der Waals surface area contributed by atoms with Gasteiger partial charge in [-0.3, -0.25) is 9.59 Å². The van der Waals surface area contributed by atoms with Crippen molar-refractivity contribution in [1.82, 2.24) is 0 Å². The quantitative estimate of drug-likeness (QED) is 0.284. The lowest BCUT2D eigenvalue weighted by Crippen LogP contribution is -2.55. The number of aliphatic hydroxyl groups is 1. The minimum atomic E-state index is -2.13. The second kappa shape index (κ2) is 10.3.